The molecule has 0 aromatic heterocycles. The summed E-state index contributed by atoms with van der Waals surface area (Å²) in [6.45, 7) is 2.76. The van der Waals surface area contributed by atoms with Crippen LogP contribution in [0.3, 0.4) is 0 Å². The van der Waals surface area contributed by atoms with Crippen LogP contribution >= 0.6 is 0 Å². The lowest BCUT2D eigenvalue weighted by molar-refractivity contribution is -0.137. The van der Waals surface area contributed by atoms with E-state index in [0.717, 1.165) is 6.42 Å². The lowest BCUT2D eigenvalue weighted by Crippen LogP contribution is -2.45. The Morgan fingerprint density at radius 2 is 2.07 bits per heavy atom. The number of nitrogens with zero attached hydrogens (tertiary/aromatic N) is 2. The van der Waals surface area contributed by atoms with Crippen LogP contribution in [0.2, 0.25) is 0 Å². The van der Waals surface area contributed by atoms with E-state index in [1.54, 1.807) is 29.0 Å². The Morgan fingerprint density at radius 1 is 1.33 bits per heavy atom. The lowest BCUT2D eigenvalue weighted by atomic mass is 10.0. The molecular formula is C19H26N2O5S. The smallest absolute Gasteiger partial charge is 0.228 e. The van der Waals surface area contributed by atoms with Crippen molar-refractivity contribution in [3.05, 3.63) is 24.3 Å². The van der Waals surface area contributed by atoms with Gasteiger partial charge in [-0.25, -0.2) is 8.42 Å². The van der Waals surface area contributed by atoms with Crippen molar-refractivity contribution < 1.29 is 22.7 Å². The number of benzene rings is 1. The zero-order valence-corrected chi connectivity index (χ0v) is 16.6. The van der Waals surface area contributed by atoms with Crippen LogP contribution in [0.25, 0.3) is 0 Å². The first-order chi connectivity index (χ1) is 12.9. The van der Waals surface area contributed by atoms with E-state index in [2.05, 4.69) is 0 Å². The average molecular weight is 394 g/mol. The van der Waals surface area contributed by atoms with Gasteiger partial charge in [-0.05, 0) is 25.0 Å². The molecule has 8 heteroatoms. The molecule has 2 aliphatic rings. The molecule has 0 spiro atoms. The first-order valence-electron chi connectivity index (χ1n) is 9.30. The predicted molar refractivity (Wildman–Crippen MR) is 103 cm³/mol. The number of methoxy groups -OCH3 is 1. The second kappa shape index (κ2) is 7.88. The van der Waals surface area contributed by atoms with Crippen molar-refractivity contribution in [1.29, 1.82) is 0 Å². The van der Waals surface area contributed by atoms with E-state index in [1.807, 2.05) is 19.1 Å². The van der Waals surface area contributed by atoms with Gasteiger partial charge in [0.15, 0.2) is 9.84 Å². The highest BCUT2D eigenvalue weighted by atomic mass is 32.2. The number of sulfone groups is 1. The van der Waals surface area contributed by atoms with Crippen molar-refractivity contribution in [2.45, 2.75) is 32.2 Å². The van der Waals surface area contributed by atoms with E-state index in [0.29, 0.717) is 24.4 Å². The van der Waals surface area contributed by atoms with E-state index in [-0.39, 0.29) is 42.3 Å². The maximum atomic E-state index is 13.1. The molecule has 0 saturated carbocycles. The van der Waals surface area contributed by atoms with Gasteiger partial charge in [0.2, 0.25) is 11.8 Å². The number of hydrogen-bond donors (Lipinski definition) is 0. The highest BCUT2D eigenvalue weighted by molar-refractivity contribution is 7.91. The van der Waals surface area contributed by atoms with Crippen molar-refractivity contribution in [2.75, 3.05) is 36.6 Å². The molecule has 0 radical (unpaired) electrons. The monoisotopic (exact) mass is 394 g/mol. The summed E-state index contributed by atoms with van der Waals surface area (Å²) in [5.74, 6) is 0.0409. The van der Waals surface area contributed by atoms with Crippen LogP contribution < -0.4 is 9.64 Å². The maximum absolute atomic E-state index is 13.1. The number of rotatable bonds is 6. The van der Waals surface area contributed by atoms with Gasteiger partial charge in [0.1, 0.15) is 5.75 Å². The molecule has 2 aliphatic heterocycles. The van der Waals surface area contributed by atoms with E-state index < -0.39 is 15.8 Å². The highest BCUT2D eigenvalue weighted by Gasteiger charge is 2.41. The van der Waals surface area contributed by atoms with E-state index in [1.165, 1.54) is 0 Å². The van der Waals surface area contributed by atoms with Gasteiger partial charge in [-0.2, -0.15) is 0 Å². The molecule has 2 heterocycles. The van der Waals surface area contributed by atoms with Crippen molar-refractivity contribution in [2.24, 2.45) is 5.92 Å². The van der Waals surface area contributed by atoms with Crippen molar-refractivity contribution >= 4 is 27.3 Å². The third-order valence-corrected chi connectivity index (χ3v) is 7.00. The SMILES string of the molecule is CCCN(C(=O)[C@H]1CC(=O)N(c2ccccc2OC)C1)[C@@H]1CCS(=O)(=O)C1. The summed E-state index contributed by atoms with van der Waals surface area (Å²) in [5, 5.41) is 0. The molecule has 148 valence electrons. The minimum absolute atomic E-state index is 0.0234. The number of carbonyl (C=O) groups is 2. The molecule has 0 unspecified atom stereocenters. The molecule has 2 fully saturated rings. The van der Waals surface area contributed by atoms with E-state index >= 15 is 0 Å². The molecule has 3 rings (SSSR count). The molecule has 2 atom stereocenters. The summed E-state index contributed by atoms with van der Waals surface area (Å²) in [6, 6.07) is 6.96. The standard InChI is InChI=1S/C19H26N2O5S/c1-3-9-20(15-8-10-27(24,25)13-15)19(23)14-11-18(22)21(12-14)16-6-4-5-7-17(16)26-2/h4-7,14-15H,3,8-13H2,1-2H3/t14-,15+/m0/s1. The quantitative estimate of drug-likeness (QED) is 0.730. The number of hydrogen-bond acceptors (Lipinski definition) is 5. The first kappa shape index (κ1) is 19.7. The summed E-state index contributed by atoms with van der Waals surface area (Å²) in [4.78, 5) is 29.0. The second-order valence-electron chi connectivity index (χ2n) is 7.17. The highest BCUT2D eigenvalue weighted by Crippen LogP contribution is 2.34. The van der Waals surface area contributed by atoms with Crippen LogP contribution in [0.1, 0.15) is 26.2 Å². The molecule has 0 N–H and O–H groups in total. The lowest BCUT2D eigenvalue weighted by Gasteiger charge is -2.30. The molecular weight excluding hydrogens is 368 g/mol. The van der Waals surface area contributed by atoms with Crippen LogP contribution in [0, 0.1) is 5.92 Å². The van der Waals surface area contributed by atoms with Crippen LogP contribution in [0.5, 0.6) is 5.75 Å². The van der Waals surface area contributed by atoms with Gasteiger partial charge in [-0.3, -0.25) is 9.59 Å². The predicted octanol–water partition coefficient (Wildman–Crippen LogP) is 1.47. The zero-order valence-electron chi connectivity index (χ0n) is 15.8. The summed E-state index contributed by atoms with van der Waals surface area (Å²) < 4.78 is 29.0. The number of ether oxygens (including phenoxy) is 1. The summed E-state index contributed by atoms with van der Waals surface area (Å²) >= 11 is 0. The minimum Gasteiger partial charge on any atom is -0.495 e. The van der Waals surface area contributed by atoms with Gasteiger partial charge in [-0.15, -0.1) is 0 Å². The second-order valence-corrected chi connectivity index (χ2v) is 9.39. The third-order valence-electron chi connectivity index (χ3n) is 5.25. The Morgan fingerprint density at radius 3 is 2.70 bits per heavy atom. The summed E-state index contributed by atoms with van der Waals surface area (Å²) in [7, 11) is -1.53. The van der Waals surface area contributed by atoms with Crippen LogP contribution in [0.15, 0.2) is 24.3 Å². The summed E-state index contributed by atoms with van der Waals surface area (Å²) in [6.07, 6.45) is 1.36. The minimum atomic E-state index is -3.08. The maximum Gasteiger partial charge on any atom is 0.228 e. The van der Waals surface area contributed by atoms with Gasteiger partial charge in [0.05, 0.1) is 30.2 Å². The van der Waals surface area contributed by atoms with Crippen molar-refractivity contribution in [3.8, 4) is 5.75 Å². The number of anilines is 1. The van der Waals surface area contributed by atoms with Gasteiger partial charge in [-0.1, -0.05) is 19.1 Å². The normalized spacial score (nSPS) is 24.2. The van der Waals surface area contributed by atoms with Crippen LogP contribution in [-0.2, 0) is 19.4 Å². The molecule has 7 nitrogen and oxygen atoms in total. The Balaban J connectivity index is 1.77. The van der Waals surface area contributed by atoms with Gasteiger partial charge >= 0.3 is 0 Å². The number of para-hydroxylation sites is 2. The molecule has 2 amide bonds. The van der Waals surface area contributed by atoms with Gasteiger partial charge in [0, 0.05) is 25.6 Å². The Labute approximate surface area is 160 Å². The largest absolute Gasteiger partial charge is 0.495 e. The van der Waals surface area contributed by atoms with Crippen LogP contribution in [-0.4, -0.2) is 62.9 Å². The molecule has 1 aromatic rings. The van der Waals surface area contributed by atoms with E-state index in [4.69, 9.17) is 4.74 Å². The van der Waals surface area contributed by atoms with Crippen LogP contribution in [0.4, 0.5) is 5.69 Å². The first-order valence-corrected chi connectivity index (χ1v) is 11.1. The Kier molecular flexibility index (Phi) is 5.74. The fraction of sp³-hybridized carbons (Fsp3) is 0.579. The zero-order chi connectivity index (χ0) is 19.6. The van der Waals surface area contributed by atoms with Crippen molar-refractivity contribution in [3.63, 3.8) is 0 Å². The molecule has 1 aromatic carbocycles. The van der Waals surface area contributed by atoms with Gasteiger partial charge in [0.25, 0.3) is 0 Å². The third kappa shape index (κ3) is 4.10. The fourth-order valence-electron chi connectivity index (χ4n) is 3.93. The molecule has 0 bridgehead atoms. The Hall–Kier alpha value is -2.09. The molecule has 27 heavy (non-hydrogen) atoms. The summed E-state index contributed by atoms with van der Waals surface area (Å²) in [5.41, 5.74) is 0.658. The number of amides is 2. The molecule has 0 aliphatic carbocycles. The topological polar surface area (TPSA) is 84.0 Å². The van der Waals surface area contributed by atoms with Gasteiger partial charge < -0.3 is 14.5 Å². The Bertz CT molecular complexity index is 823. The van der Waals surface area contributed by atoms with Crippen molar-refractivity contribution in [1.82, 2.24) is 4.90 Å². The number of carbonyl (C=O) groups excluding carboxylic acids is 2. The molecule has 2 saturated heterocycles. The average Bonchev–Trinajstić information content (AvgIpc) is 3.21. The fourth-order valence-corrected chi connectivity index (χ4v) is 5.66. The van der Waals surface area contributed by atoms with E-state index in [9.17, 15) is 18.0 Å².